The Kier molecular flexibility index (Phi) is 42.3. The van der Waals surface area contributed by atoms with E-state index in [2.05, 4.69) is 41.5 Å². The molecule has 0 aliphatic rings. The Morgan fingerprint density at radius 2 is 0.431 bits per heavy atom. The topological polar surface area (TPSA) is 27.7 Å². The normalized spacial score (nSPS) is 12.4. The van der Waals surface area contributed by atoms with Crippen LogP contribution in [0.2, 0.25) is 17.7 Å². The van der Waals surface area contributed by atoms with E-state index in [-0.39, 0.29) is 0 Å². The van der Waals surface area contributed by atoms with Gasteiger partial charge in [-0.15, -0.1) is 0 Å². The predicted octanol–water partition coefficient (Wildman–Crippen LogP) is 17.3. The van der Waals surface area contributed by atoms with E-state index in [1.54, 1.807) is 0 Å². The second kappa shape index (κ2) is 41.1. The van der Waals surface area contributed by atoms with Crippen molar-refractivity contribution in [1.82, 2.24) is 0 Å². The van der Waals surface area contributed by atoms with Gasteiger partial charge >= 0.3 is 337 Å². The molecule has 5 heteroatoms. The van der Waals surface area contributed by atoms with Gasteiger partial charge in [-0.05, 0) is 0 Å². The molecule has 3 nitrogen and oxygen atoms in total. The number of unbranched alkanes of at least 4 members (excludes halogenated alkanes) is 28. The van der Waals surface area contributed by atoms with E-state index >= 15 is 0 Å². The second-order valence-electron chi connectivity index (χ2n) is 16.5. The van der Waals surface area contributed by atoms with Crippen LogP contribution in [-0.4, -0.2) is 51.6 Å². The first-order chi connectivity index (χ1) is 25.1. The van der Waals surface area contributed by atoms with Crippen LogP contribution in [0.25, 0.3) is 0 Å². The molecule has 308 valence electrons. The monoisotopic (exact) mass is 939 g/mol. The summed E-state index contributed by atoms with van der Waals surface area (Å²) in [5, 5.41) is 0. The van der Waals surface area contributed by atoms with Crippen molar-refractivity contribution >= 4 is 38.4 Å². The molecule has 0 amide bonds. The number of rotatable bonds is 44. The molecule has 0 unspecified atom stereocenters. The summed E-state index contributed by atoms with van der Waals surface area (Å²) in [7, 11) is 0. The molecule has 0 rings (SSSR count). The molecule has 0 radical (unpaired) electrons. The molecule has 0 aliphatic heterocycles. The average molecular weight is 937 g/mol. The van der Waals surface area contributed by atoms with Gasteiger partial charge in [0.15, 0.2) is 0 Å². The zero-order valence-electron chi connectivity index (χ0n) is 36.5. The van der Waals surface area contributed by atoms with Crippen molar-refractivity contribution in [2.75, 3.05) is 13.2 Å². The van der Waals surface area contributed by atoms with Crippen molar-refractivity contribution in [2.24, 2.45) is 0 Å². The quantitative estimate of drug-likeness (QED) is 0.0450. The summed E-state index contributed by atoms with van der Waals surface area (Å²) in [6, 6.07) is 0. The average Bonchev–Trinajstić information content (AvgIpc) is 3.13. The zero-order valence-corrected chi connectivity index (χ0v) is 42.2. The van der Waals surface area contributed by atoms with Crippen molar-refractivity contribution in [3.05, 3.63) is 0 Å². The van der Waals surface area contributed by atoms with Gasteiger partial charge in [0.05, 0.1) is 0 Å². The van der Waals surface area contributed by atoms with Crippen molar-refractivity contribution < 1.29 is 7.56 Å². The first kappa shape index (κ1) is 52.5. The fourth-order valence-electron chi connectivity index (χ4n) is 7.77. The van der Waals surface area contributed by atoms with Crippen LogP contribution in [0.3, 0.4) is 0 Å². The SMILES string of the molecule is CCCCCCC[CH2][Sn]([CH2]CCCCCCC)([O]CCCCCCC)[O][Sn]([CH2]CCCCCCC)([CH2]CCCCCCC)[O]CCCCCCC. The molecule has 51 heavy (non-hydrogen) atoms. The first-order valence-electron chi connectivity index (χ1n) is 24.1. The van der Waals surface area contributed by atoms with Gasteiger partial charge in [0.2, 0.25) is 0 Å². The van der Waals surface area contributed by atoms with Gasteiger partial charge in [0.25, 0.3) is 0 Å². The zero-order chi connectivity index (χ0) is 37.4. The Morgan fingerprint density at radius 1 is 0.235 bits per heavy atom. The first-order valence-corrected chi connectivity index (χ1v) is 36.8. The second-order valence-corrected chi connectivity index (χ2v) is 38.8. The summed E-state index contributed by atoms with van der Waals surface area (Å²) in [4.78, 5) is 0. The van der Waals surface area contributed by atoms with E-state index in [1.165, 1.54) is 236 Å². The Balaban J connectivity index is 6.35. The molecule has 0 N–H and O–H groups in total. The van der Waals surface area contributed by atoms with Gasteiger partial charge in [-0.3, -0.25) is 0 Å². The fourth-order valence-corrected chi connectivity index (χ4v) is 49.3. The molecule has 0 saturated carbocycles. The van der Waals surface area contributed by atoms with Gasteiger partial charge in [-0.1, -0.05) is 0 Å². The van der Waals surface area contributed by atoms with Gasteiger partial charge < -0.3 is 0 Å². The molecular weight excluding hydrogens is 838 g/mol. The van der Waals surface area contributed by atoms with Crippen LogP contribution in [-0.2, 0) is 7.56 Å². The molecule has 0 aromatic heterocycles. The molecule has 0 atom stereocenters. The molecule has 0 saturated heterocycles. The Morgan fingerprint density at radius 3 is 0.667 bits per heavy atom. The molecular formula is C46H98O3Sn2. The van der Waals surface area contributed by atoms with Crippen LogP contribution in [0.5, 0.6) is 0 Å². The van der Waals surface area contributed by atoms with E-state index in [0.29, 0.717) is 0 Å². The van der Waals surface area contributed by atoms with Crippen LogP contribution >= 0.6 is 0 Å². The van der Waals surface area contributed by atoms with Crippen LogP contribution in [0.4, 0.5) is 0 Å². The van der Waals surface area contributed by atoms with Gasteiger partial charge in [0, 0.05) is 0 Å². The minimum absolute atomic E-state index is 0.957. The van der Waals surface area contributed by atoms with Gasteiger partial charge in [-0.2, -0.15) is 0 Å². The predicted molar refractivity (Wildman–Crippen MR) is 235 cm³/mol. The van der Waals surface area contributed by atoms with E-state index in [9.17, 15) is 0 Å². The third kappa shape index (κ3) is 33.3. The van der Waals surface area contributed by atoms with Crippen molar-refractivity contribution in [1.29, 1.82) is 0 Å². The van der Waals surface area contributed by atoms with Gasteiger partial charge in [-0.25, -0.2) is 0 Å². The third-order valence-corrected chi connectivity index (χ3v) is 44.5. The minimum atomic E-state index is -3.43. The maximum atomic E-state index is 8.17. The van der Waals surface area contributed by atoms with Crippen LogP contribution in [0.1, 0.15) is 260 Å². The van der Waals surface area contributed by atoms with Gasteiger partial charge in [0.1, 0.15) is 0 Å². The standard InChI is InChI=1S/4C8H17.2C7H15O.O.2Sn/c4*1-3-5-7-8-6-4-2;2*1-2-3-4-5-6-7-8;;;/h4*1,3-8H2,2H3;2*2-7H2,1H3;;;/q;;;;2*-1;;2*+1. The van der Waals surface area contributed by atoms with E-state index in [4.69, 9.17) is 7.56 Å². The van der Waals surface area contributed by atoms with Crippen LogP contribution in [0.15, 0.2) is 0 Å². The number of hydrogen-bond donors (Lipinski definition) is 0. The molecule has 0 heterocycles. The molecule has 0 aromatic rings. The molecule has 0 spiro atoms. The summed E-state index contributed by atoms with van der Waals surface area (Å²) in [5.74, 6) is 0. The summed E-state index contributed by atoms with van der Waals surface area (Å²) in [6.45, 7) is 15.9. The Labute approximate surface area is 334 Å². The summed E-state index contributed by atoms with van der Waals surface area (Å²) in [6.07, 6.45) is 46.0. The fraction of sp³-hybridized carbons (Fsp3) is 1.00. The molecule has 0 aromatic carbocycles. The third-order valence-electron chi connectivity index (χ3n) is 11.2. The van der Waals surface area contributed by atoms with E-state index in [1.807, 2.05) is 0 Å². The van der Waals surface area contributed by atoms with E-state index < -0.39 is 38.4 Å². The van der Waals surface area contributed by atoms with Crippen molar-refractivity contribution in [3.63, 3.8) is 0 Å². The molecule has 0 bridgehead atoms. The summed E-state index contributed by atoms with van der Waals surface area (Å²) in [5.41, 5.74) is 0. The maximum absolute atomic E-state index is 8.17. The van der Waals surface area contributed by atoms with Crippen molar-refractivity contribution in [3.8, 4) is 0 Å². The summed E-state index contributed by atoms with van der Waals surface area (Å²) >= 11 is -6.85. The van der Waals surface area contributed by atoms with E-state index in [0.717, 1.165) is 13.2 Å². The Hall–Kier alpha value is 1.48. The number of hydrogen-bond acceptors (Lipinski definition) is 3. The van der Waals surface area contributed by atoms with Crippen molar-refractivity contribution in [2.45, 2.75) is 278 Å². The van der Waals surface area contributed by atoms with Crippen LogP contribution in [0, 0.1) is 0 Å². The van der Waals surface area contributed by atoms with Crippen LogP contribution < -0.4 is 0 Å². The molecule has 0 aliphatic carbocycles. The summed E-state index contributed by atoms with van der Waals surface area (Å²) < 4.78 is 28.2. The Bertz CT molecular complexity index is 525. The molecule has 0 fully saturated rings.